The summed E-state index contributed by atoms with van der Waals surface area (Å²) in [6.07, 6.45) is 3.23. The first-order valence-corrected chi connectivity index (χ1v) is 7.90. The maximum atomic E-state index is 12.4. The predicted octanol–water partition coefficient (Wildman–Crippen LogP) is 2.32. The summed E-state index contributed by atoms with van der Waals surface area (Å²) < 4.78 is 10.4. The number of carbonyl (C=O) groups excluding carboxylic acids is 1. The van der Waals surface area contributed by atoms with Gasteiger partial charge < -0.3 is 25.0 Å². The average Bonchev–Trinajstić information content (AvgIpc) is 2.61. The Kier molecular flexibility index (Phi) is 6.59. The van der Waals surface area contributed by atoms with Gasteiger partial charge in [0.25, 0.3) is 5.91 Å². The van der Waals surface area contributed by atoms with Crippen molar-refractivity contribution in [3.05, 3.63) is 42.2 Å². The number of hydrogen-bond acceptors (Lipinski definition) is 6. The number of aromatic nitrogens is 1. The predicted molar refractivity (Wildman–Crippen MR) is 98.8 cm³/mol. The van der Waals surface area contributed by atoms with Gasteiger partial charge in [0.1, 0.15) is 0 Å². The van der Waals surface area contributed by atoms with Crippen molar-refractivity contribution in [3.63, 3.8) is 0 Å². The number of likely N-dealkylation sites (N-methyl/N-ethyl adjacent to an activating group) is 1. The number of benzene rings is 1. The van der Waals surface area contributed by atoms with Gasteiger partial charge in [-0.05, 0) is 32.3 Å². The minimum absolute atomic E-state index is 0.240. The SMILES string of the molecule is COc1ccc(NC(=O)c2cncc(NCCN(C)C)c2)cc1OC. The molecule has 1 aromatic carbocycles. The lowest BCUT2D eigenvalue weighted by molar-refractivity contribution is 0.102. The Labute approximate surface area is 148 Å². The molecule has 25 heavy (non-hydrogen) atoms. The standard InChI is InChI=1S/C18H24N4O3/c1-22(2)8-7-20-15-9-13(11-19-12-15)18(23)21-14-5-6-16(24-3)17(10-14)25-4/h5-6,9-12,20H,7-8H2,1-4H3,(H,21,23). The molecule has 2 rings (SSSR count). The van der Waals surface area contributed by atoms with E-state index in [-0.39, 0.29) is 5.91 Å². The number of hydrogen-bond donors (Lipinski definition) is 2. The lowest BCUT2D eigenvalue weighted by Crippen LogP contribution is -2.21. The maximum absolute atomic E-state index is 12.4. The molecule has 7 heteroatoms. The fourth-order valence-corrected chi connectivity index (χ4v) is 2.20. The topological polar surface area (TPSA) is 75.7 Å². The highest BCUT2D eigenvalue weighted by atomic mass is 16.5. The molecule has 2 aromatic rings. The molecule has 0 atom stereocenters. The van der Waals surface area contributed by atoms with E-state index in [1.807, 2.05) is 14.1 Å². The summed E-state index contributed by atoms with van der Waals surface area (Å²) in [6.45, 7) is 1.66. The van der Waals surface area contributed by atoms with E-state index in [4.69, 9.17) is 9.47 Å². The first-order chi connectivity index (χ1) is 12.0. The van der Waals surface area contributed by atoms with Crippen molar-refractivity contribution in [2.45, 2.75) is 0 Å². The normalized spacial score (nSPS) is 10.4. The molecule has 0 saturated heterocycles. The number of amides is 1. The zero-order valence-corrected chi connectivity index (χ0v) is 15.0. The summed E-state index contributed by atoms with van der Waals surface area (Å²) in [5.74, 6) is 0.919. The quantitative estimate of drug-likeness (QED) is 0.765. The molecule has 0 saturated carbocycles. The monoisotopic (exact) mass is 344 g/mol. The second-order valence-electron chi connectivity index (χ2n) is 5.72. The Morgan fingerprint density at radius 1 is 1.08 bits per heavy atom. The van der Waals surface area contributed by atoms with Crippen molar-refractivity contribution in [2.24, 2.45) is 0 Å². The van der Waals surface area contributed by atoms with Crippen LogP contribution in [-0.2, 0) is 0 Å². The summed E-state index contributed by atoms with van der Waals surface area (Å²) in [4.78, 5) is 18.6. The number of nitrogens with zero attached hydrogens (tertiary/aromatic N) is 2. The van der Waals surface area contributed by atoms with Gasteiger partial charge in [0.15, 0.2) is 11.5 Å². The fraction of sp³-hybridized carbons (Fsp3) is 0.333. The van der Waals surface area contributed by atoms with Gasteiger partial charge in [-0.2, -0.15) is 0 Å². The van der Waals surface area contributed by atoms with E-state index in [0.29, 0.717) is 22.7 Å². The number of methoxy groups -OCH3 is 2. The Bertz CT molecular complexity index is 719. The molecule has 134 valence electrons. The van der Waals surface area contributed by atoms with Crippen LogP contribution in [0.4, 0.5) is 11.4 Å². The zero-order chi connectivity index (χ0) is 18.2. The van der Waals surface area contributed by atoms with Crippen molar-refractivity contribution < 1.29 is 14.3 Å². The van der Waals surface area contributed by atoms with Crippen LogP contribution in [0.5, 0.6) is 11.5 Å². The van der Waals surface area contributed by atoms with Gasteiger partial charge in [-0.1, -0.05) is 0 Å². The lowest BCUT2D eigenvalue weighted by atomic mass is 10.2. The van der Waals surface area contributed by atoms with Gasteiger partial charge >= 0.3 is 0 Å². The van der Waals surface area contributed by atoms with Crippen LogP contribution < -0.4 is 20.1 Å². The second kappa shape index (κ2) is 8.89. The highest BCUT2D eigenvalue weighted by molar-refractivity contribution is 6.04. The Morgan fingerprint density at radius 2 is 1.84 bits per heavy atom. The number of pyridine rings is 1. The summed E-state index contributed by atoms with van der Waals surface area (Å²) in [5, 5.41) is 6.08. The van der Waals surface area contributed by atoms with E-state index in [0.717, 1.165) is 18.8 Å². The van der Waals surface area contributed by atoms with Crippen molar-refractivity contribution in [2.75, 3.05) is 52.0 Å². The van der Waals surface area contributed by atoms with Gasteiger partial charge in [0.05, 0.1) is 25.5 Å². The van der Waals surface area contributed by atoms with E-state index >= 15 is 0 Å². The van der Waals surface area contributed by atoms with Crippen molar-refractivity contribution in [3.8, 4) is 11.5 Å². The Balaban J connectivity index is 2.05. The summed E-state index contributed by atoms with van der Waals surface area (Å²) in [5.41, 5.74) is 1.90. The van der Waals surface area contributed by atoms with Crippen LogP contribution in [0, 0.1) is 0 Å². The molecule has 0 aliphatic rings. The molecule has 2 N–H and O–H groups in total. The third kappa shape index (κ3) is 5.36. The highest BCUT2D eigenvalue weighted by Gasteiger charge is 2.10. The Hall–Kier alpha value is -2.80. The fourth-order valence-electron chi connectivity index (χ4n) is 2.20. The molecule has 0 radical (unpaired) electrons. The smallest absolute Gasteiger partial charge is 0.257 e. The number of anilines is 2. The van der Waals surface area contributed by atoms with Crippen LogP contribution in [0.1, 0.15) is 10.4 Å². The van der Waals surface area contributed by atoms with Crippen LogP contribution >= 0.6 is 0 Å². The number of ether oxygens (including phenoxy) is 2. The number of carbonyl (C=O) groups is 1. The van der Waals surface area contributed by atoms with Gasteiger partial charge in [-0.15, -0.1) is 0 Å². The van der Waals surface area contributed by atoms with Crippen LogP contribution in [0.15, 0.2) is 36.7 Å². The van der Waals surface area contributed by atoms with Gasteiger partial charge in [-0.25, -0.2) is 0 Å². The second-order valence-corrected chi connectivity index (χ2v) is 5.72. The maximum Gasteiger partial charge on any atom is 0.257 e. The van der Waals surface area contributed by atoms with Crippen LogP contribution in [-0.4, -0.2) is 57.2 Å². The molecule has 0 fully saturated rings. The third-order valence-electron chi connectivity index (χ3n) is 3.53. The Morgan fingerprint density at radius 3 is 2.52 bits per heavy atom. The molecule has 0 unspecified atom stereocenters. The molecule has 0 spiro atoms. The van der Waals surface area contributed by atoms with E-state index in [9.17, 15) is 4.79 Å². The average molecular weight is 344 g/mol. The molecular formula is C18H24N4O3. The molecule has 1 aromatic heterocycles. The minimum atomic E-state index is -0.240. The van der Waals surface area contributed by atoms with E-state index in [1.54, 1.807) is 44.7 Å². The molecule has 1 amide bonds. The van der Waals surface area contributed by atoms with Crippen LogP contribution in [0.2, 0.25) is 0 Å². The number of rotatable bonds is 8. The third-order valence-corrected chi connectivity index (χ3v) is 3.53. The summed E-state index contributed by atoms with van der Waals surface area (Å²) in [7, 11) is 7.13. The van der Waals surface area contributed by atoms with Crippen molar-refractivity contribution >= 4 is 17.3 Å². The number of nitrogens with one attached hydrogen (secondary N) is 2. The molecule has 7 nitrogen and oxygen atoms in total. The summed E-state index contributed by atoms with van der Waals surface area (Å²) >= 11 is 0. The van der Waals surface area contributed by atoms with Gasteiger partial charge in [0.2, 0.25) is 0 Å². The van der Waals surface area contributed by atoms with Gasteiger partial charge in [-0.3, -0.25) is 9.78 Å². The van der Waals surface area contributed by atoms with Gasteiger partial charge in [0, 0.05) is 37.2 Å². The minimum Gasteiger partial charge on any atom is -0.493 e. The lowest BCUT2D eigenvalue weighted by Gasteiger charge is -2.12. The van der Waals surface area contributed by atoms with E-state index < -0.39 is 0 Å². The molecule has 0 aliphatic heterocycles. The van der Waals surface area contributed by atoms with Crippen molar-refractivity contribution in [1.82, 2.24) is 9.88 Å². The zero-order valence-electron chi connectivity index (χ0n) is 15.0. The molecule has 0 bridgehead atoms. The largest absolute Gasteiger partial charge is 0.493 e. The van der Waals surface area contributed by atoms with Crippen LogP contribution in [0.25, 0.3) is 0 Å². The van der Waals surface area contributed by atoms with E-state index in [2.05, 4.69) is 20.5 Å². The van der Waals surface area contributed by atoms with E-state index in [1.165, 1.54) is 6.20 Å². The first-order valence-electron chi connectivity index (χ1n) is 7.90. The molecular weight excluding hydrogens is 320 g/mol. The summed E-state index contributed by atoms with van der Waals surface area (Å²) in [6, 6.07) is 6.99. The highest BCUT2D eigenvalue weighted by Crippen LogP contribution is 2.29. The van der Waals surface area contributed by atoms with Crippen LogP contribution in [0.3, 0.4) is 0 Å². The molecule has 1 heterocycles. The molecule has 0 aliphatic carbocycles. The first kappa shape index (κ1) is 18.5. The van der Waals surface area contributed by atoms with Crippen molar-refractivity contribution in [1.29, 1.82) is 0 Å².